The van der Waals surface area contributed by atoms with Crippen LogP contribution in [-0.4, -0.2) is 36.0 Å². The second-order valence-electron chi connectivity index (χ2n) is 6.50. The number of aromatic nitrogens is 1. The third kappa shape index (κ3) is 6.28. The van der Waals surface area contributed by atoms with Crippen LogP contribution in [0.4, 0.5) is 5.13 Å². The summed E-state index contributed by atoms with van der Waals surface area (Å²) in [4.78, 5) is 19.8. The maximum absolute atomic E-state index is 12.3. The molecule has 6 nitrogen and oxygen atoms in total. The number of rotatable bonds is 10. The van der Waals surface area contributed by atoms with Gasteiger partial charge in [0.2, 0.25) is 5.91 Å². The summed E-state index contributed by atoms with van der Waals surface area (Å²) >= 11 is 3.10. The lowest BCUT2D eigenvalue weighted by atomic mass is 10.2. The maximum atomic E-state index is 12.3. The Morgan fingerprint density at radius 3 is 2.76 bits per heavy atom. The van der Waals surface area contributed by atoms with Gasteiger partial charge in [-0.1, -0.05) is 19.1 Å². The molecule has 0 aliphatic heterocycles. The summed E-state index contributed by atoms with van der Waals surface area (Å²) in [5, 5.41) is 7.44. The Balaban J connectivity index is 1.58. The van der Waals surface area contributed by atoms with Crippen LogP contribution < -0.4 is 14.8 Å². The van der Waals surface area contributed by atoms with E-state index in [-0.39, 0.29) is 5.91 Å². The highest BCUT2D eigenvalue weighted by atomic mass is 32.1. The van der Waals surface area contributed by atoms with Crippen LogP contribution in [0, 0.1) is 6.92 Å². The number of nitrogens with one attached hydrogen (secondary N) is 1. The Morgan fingerprint density at radius 2 is 2.10 bits per heavy atom. The number of likely N-dealkylation sites (N-methyl/N-ethyl adjacent to an activating group) is 1. The number of methoxy groups -OCH3 is 1. The van der Waals surface area contributed by atoms with Gasteiger partial charge in [0, 0.05) is 16.8 Å². The minimum Gasteiger partial charge on any atom is -0.493 e. The zero-order valence-corrected chi connectivity index (χ0v) is 18.4. The van der Waals surface area contributed by atoms with Crippen LogP contribution in [0.25, 0.3) is 0 Å². The van der Waals surface area contributed by atoms with Crippen LogP contribution in [0.5, 0.6) is 11.5 Å². The van der Waals surface area contributed by atoms with Crippen LogP contribution in [-0.2, 0) is 17.9 Å². The molecular weight excluding hydrogens is 406 g/mol. The van der Waals surface area contributed by atoms with Gasteiger partial charge < -0.3 is 14.8 Å². The number of benzene rings is 1. The van der Waals surface area contributed by atoms with E-state index in [0.717, 1.165) is 22.7 Å². The number of thiazole rings is 1. The number of anilines is 1. The molecule has 0 atom stereocenters. The fraction of sp³-hybridized carbons (Fsp3) is 0.333. The largest absolute Gasteiger partial charge is 0.493 e. The molecule has 1 N–H and O–H groups in total. The molecule has 1 aromatic carbocycles. The molecule has 0 saturated heterocycles. The van der Waals surface area contributed by atoms with E-state index in [1.807, 2.05) is 54.9 Å². The summed E-state index contributed by atoms with van der Waals surface area (Å²) in [6.07, 6.45) is 0. The van der Waals surface area contributed by atoms with Gasteiger partial charge in [0.25, 0.3) is 0 Å². The molecule has 0 aliphatic rings. The van der Waals surface area contributed by atoms with Gasteiger partial charge in [-0.2, -0.15) is 0 Å². The molecule has 2 aromatic heterocycles. The molecule has 29 heavy (non-hydrogen) atoms. The second-order valence-corrected chi connectivity index (χ2v) is 8.39. The van der Waals surface area contributed by atoms with Crippen molar-refractivity contribution in [1.82, 2.24) is 9.88 Å². The van der Waals surface area contributed by atoms with Crippen molar-refractivity contribution in [3.05, 3.63) is 57.2 Å². The molecule has 1 amide bonds. The normalized spacial score (nSPS) is 10.9. The summed E-state index contributed by atoms with van der Waals surface area (Å²) in [7, 11) is 1.64. The smallest absolute Gasteiger partial charge is 0.240 e. The fourth-order valence-electron chi connectivity index (χ4n) is 2.78. The zero-order chi connectivity index (χ0) is 20.6. The van der Waals surface area contributed by atoms with Crippen molar-refractivity contribution in [3.8, 4) is 11.5 Å². The number of hydrogen-bond acceptors (Lipinski definition) is 7. The molecule has 0 bridgehead atoms. The number of hydrogen-bond donors (Lipinski definition) is 1. The van der Waals surface area contributed by atoms with Gasteiger partial charge in [0.1, 0.15) is 6.61 Å². The maximum Gasteiger partial charge on any atom is 0.240 e. The van der Waals surface area contributed by atoms with Gasteiger partial charge in [-0.05, 0) is 42.6 Å². The summed E-state index contributed by atoms with van der Waals surface area (Å²) in [6, 6.07) is 9.96. The molecule has 0 saturated carbocycles. The molecule has 154 valence electrons. The summed E-state index contributed by atoms with van der Waals surface area (Å²) in [5.74, 6) is 1.34. The van der Waals surface area contributed by atoms with Gasteiger partial charge in [0.15, 0.2) is 16.6 Å². The van der Waals surface area contributed by atoms with Crippen molar-refractivity contribution in [2.24, 2.45) is 0 Å². The molecule has 0 aliphatic carbocycles. The third-order valence-corrected chi connectivity index (χ3v) is 5.99. The predicted molar refractivity (Wildman–Crippen MR) is 118 cm³/mol. The van der Waals surface area contributed by atoms with E-state index >= 15 is 0 Å². The van der Waals surface area contributed by atoms with Gasteiger partial charge in [-0.15, -0.1) is 22.7 Å². The van der Waals surface area contributed by atoms with E-state index in [9.17, 15) is 4.79 Å². The van der Waals surface area contributed by atoms with Crippen molar-refractivity contribution >= 4 is 33.7 Å². The monoisotopic (exact) mass is 431 g/mol. The molecule has 0 radical (unpaired) electrons. The van der Waals surface area contributed by atoms with E-state index in [0.29, 0.717) is 36.3 Å². The standard InChI is InChI=1S/C21H25N3O3S2/c1-4-24(12-20(25)23-21-22-15(2)14-29-21)11-16-7-8-18(19(10-16)26-3)27-13-17-6-5-9-28-17/h5-10,14H,4,11-13H2,1-3H3,(H,22,23,25). The summed E-state index contributed by atoms with van der Waals surface area (Å²) in [6.45, 7) is 6.16. The number of nitrogens with zero attached hydrogens (tertiary/aromatic N) is 2. The van der Waals surface area contributed by atoms with E-state index in [2.05, 4.69) is 15.2 Å². The molecule has 0 unspecified atom stereocenters. The number of amides is 1. The van der Waals surface area contributed by atoms with Crippen LogP contribution >= 0.6 is 22.7 Å². The molecule has 0 spiro atoms. The average molecular weight is 432 g/mol. The fourth-order valence-corrected chi connectivity index (χ4v) is 4.10. The Bertz CT molecular complexity index is 925. The molecule has 8 heteroatoms. The first-order chi connectivity index (χ1) is 14.1. The van der Waals surface area contributed by atoms with Crippen molar-refractivity contribution in [1.29, 1.82) is 0 Å². The molecule has 0 fully saturated rings. The average Bonchev–Trinajstić information content (AvgIpc) is 3.37. The molecule has 2 heterocycles. The number of aryl methyl sites for hydroxylation is 1. The van der Waals surface area contributed by atoms with Gasteiger partial charge in [-0.25, -0.2) is 4.98 Å². The van der Waals surface area contributed by atoms with Crippen molar-refractivity contribution in [2.75, 3.05) is 25.5 Å². The van der Waals surface area contributed by atoms with Crippen molar-refractivity contribution < 1.29 is 14.3 Å². The quantitative estimate of drug-likeness (QED) is 0.510. The van der Waals surface area contributed by atoms with E-state index in [1.165, 1.54) is 11.3 Å². The second kappa shape index (κ2) is 10.4. The molecular formula is C21H25N3O3S2. The highest BCUT2D eigenvalue weighted by Crippen LogP contribution is 2.29. The summed E-state index contributed by atoms with van der Waals surface area (Å²) in [5.41, 5.74) is 1.97. The van der Waals surface area contributed by atoms with Crippen LogP contribution in [0.15, 0.2) is 41.1 Å². The third-order valence-electron chi connectivity index (χ3n) is 4.26. The Kier molecular flexibility index (Phi) is 7.62. The minimum absolute atomic E-state index is 0.0657. The van der Waals surface area contributed by atoms with Crippen LogP contribution in [0.2, 0.25) is 0 Å². The summed E-state index contributed by atoms with van der Waals surface area (Å²) < 4.78 is 11.4. The van der Waals surface area contributed by atoms with E-state index in [4.69, 9.17) is 9.47 Å². The van der Waals surface area contributed by atoms with Crippen LogP contribution in [0.1, 0.15) is 23.1 Å². The lowest BCUT2D eigenvalue weighted by molar-refractivity contribution is -0.117. The first kappa shape index (κ1) is 21.3. The number of carbonyl (C=O) groups is 1. The molecule has 3 rings (SSSR count). The topological polar surface area (TPSA) is 63.7 Å². The molecule has 3 aromatic rings. The van der Waals surface area contributed by atoms with E-state index < -0.39 is 0 Å². The number of thiophene rings is 1. The van der Waals surface area contributed by atoms with E-state index in [1.54, 1.807) is 18.4 Å². The Morgan fingerprint density at radius 1 is 1.24 bits per heavy atom. The van der Waals surface area contributed by atoms with Gasteiger partial charge in [-0.3, -0.25) is 9.69 Å². The minimum atomic E-state index is -0.0657. The highest BCUT2D eigenvalue weighted by molar-refractivity contribution is 7.13. The first-order valence-electron chi connectivity index (χ1n) is 9.33. The van der Waals surface area contributed by atoms with Crippen molar-refractivity contribution in [3.63, 3.8) is 0 Å². The lowest BCUT2D eigenvalue weighted by Crippen LogP contribution is -2.32. The highest BCUT2D eigenvalue weighted by Gasteiger charge is 2.13. The number of ether oxygens (including phenoxy) is 2. The first-order valence-corrected chi connectivity index (χ1v) is 11.1. The Labute approximate surface area is 179 Å². The lowest BCUT2D eigenvalue weighted by Gasteiger charge is -2.20. The van der Waals surface area contributed by atoms with Crippen LogP contribution in [0.3, 0.4) is 0 Å². The predicted octanol–water partition coefficient (Wildman–Crippen LogP) is 4.56. The van der Waals surface area contributed by atoms with Gasteiger partial charge in [0.05, 0.1) is 19.3 Å². The Hall–Kier alpha value is -2.42. The SMILES string of the molecule is CCN(CC(=O)Nc1nc(C)cs1)Cc1ccc(OCc2cccs2)c(OC)c1. The van der Waals surface area contributed by atoms with Gasteiger partial charge >= 0.3 is 0 Å². The zero-order valence-electron chi connectivity index (χ0n) is 16.8. The van der Waals surface area contributed by atoms with Crippen molar-refractivity contribution in [2.45, 2.75) is 27.0 Å². The number of carbonyl (C=O) groups excluding carboxylic acids is 1.